The number of esters is 2. The van der Waals surface area contributed by atoms with E-state index in [9.17, 15) is 63.1 Å². The van der Waals surface area contributed by atoms with E-state index < -0.39 is 91.3 Å². The summed E-state index contributed by atoms with van der Waals surface area (Å²) < 4.78 is 65.5. The minimum Gasteiger partial charge on any atom is -0.462 e. The Kier molecular flexibility index (Phi) is 36.2. The van der Waals surface area contributed by atoms with Crippen molar-refractivity contribution >= 4 is 35.4 Å². The Hall–Kier alpha value is -2.15. The SMILES string of the molecule is CCC=CCC=CCC=CCC=CCC=CCCCCCC(=O)OC(COC(=O)CCCCCCCCCCCCCCC)COP(=O)(O)OC1C(O)C(O)C(OP(=O)(O)O)C(OP(=O)(O)O)C1O. The van der Waals surface area contributed by atoms with Gasteiger partial charge in [-0.3, -0.25) is 27.7 Å². The highest BCUT2D eigenvalue weighted by Crippen LogP contribution is 2.51. The number of ether oxygens (including phenoxy) is 2. The zero-order valence-electron chi connectivity index (χ0n) is 40.6. The molecule has 0 amide bonds. The summed E-state index contributed by atoms with van der Waals surface area (Å²) >= 11 is 0. The highest BCUT2D eigenvalue weighted by molar-refractivity contribution is 7.47. The smallest absolute Gasteiger partial charge is 0.462 e. The molecule has 0 aliphatic heterocycles. The second-order valence-electron chi connectivity index (χ2n) is 17.0. The lowest BCUT2D eigenvalue weighted by molar-refractivity contribution is -0.213. The maximum atomic E-state index is 13.1. The van der Waals surface area contributed by atoms with Crippen LogP contribution in [0.3, 0.4) is 0 Å². The monoisotopic (exact) mass is 1040 g/mol. The third kappa shape index (κ3) is 34.8. The van der Waals surface area contributed by atoms with Crippen LogP contribution < -0.4 is 0 Å². The standard InChI is InChI=1S/C47H83O19P3/c1-3-5-7-9-11-13-15-17-18-19-20-21-22-24-26-28-30-32-34-36-41(49)63-39(37-61-40(48)35-33-31-29-27-25-23-16-14-12-10-8-6-4-2)38-62-69(59,60)66-45-42(50)43(51)46(64-67(53,54)55)47(44(45)52)65-68(56,57)58/h5,7,11,13,17-18,20-21,24,26,39,42-47,50-52H,3-4,6,8-10,12,14-16,19,22-23,25,27-38H2,1-2H3,(H,59,60)(H2,53,54,55)(H2,56,57,58). The second-order valence-corrected chi connectivity index (χ2v) is 20.8. The quantitative estimate of drug-likeness (QED) is 0.0122. The van der Waals surface area contributed by atoms with Crippen molar-refractivity contribution in [3.05, 3.63) is 60.8 Å². The number of carbonyl (C=O) groups excluding carboxylic acids is 2. The van der Waals surface area contributed by atoms with Crippen LogP contribution in [-0.2, 0) is 50.9 Å². The first-order chi connectivity index (χ1) is 32.8. The number of carbonyl (C=O) groups is 2. The molecule has 0 aromatic rings. The summed E-state index contributed by atoms with van der Waals surface area (Å²) in [5, 5.41) is 31.9. The van der Waals surface area contributed by atoms with Crippen molar-refractivity contribution in [1.29, 1.82) is 0 Å². The Balaban J connectivity index is 2.74. The molecule has 19 nitrogen and oxygen atoms in total. The summed E-state index contributed by atoms with van der Waals surface area (Å²) in [4.78, 5) is 73.2. The van der Waals surface area contributed by atoms with Gasteiger partial charge in [0.15, 0.2) is 6.10 Å². The molecule has 400 valence electrons. The molecule has 1 fully saturated rings. The normalized spacial score (nSPS) is 21.8. The van der Waals surface area contributed by atoms with Gasteiger partial charge in [0.2, 0.25) is 0 Å². The first kappa shape index (κ1) is 64.9. The van der Waals surface area contributed by atoms with Gasteiger partial charge < -0.3 is 49.3 Å². The van der Waals surface area contributed by atoms with Crippen molar-refractivity contribution in [3.8, 4) is 0 Å². The number of hydrogen-bond donors (Lipinski definition) is 8. The van der Waals surface area contributed by atoms with Gasteiger partial charge in [0.1, 0.15) is 43.2 Å². The molecular formula is C47H83O19P3. The Morgan fingerprint density at radius 2 is 0.884 bits per heavy atom. The number of aliphatic hydroxyl groups excluding tert-OH is 3. The minimum absolute atomic E-state index is 0.0422. The molecule has 69 heavy (non-hydrogen) atoms. The van der Waals surface area contributed by atoms with Crippen LogP contribution in [0.2, 0.25) is 0 Å². The van der Waals surface area contributed by atoms with Crippen LogP contribution >= 0.6 is 23.5 Å². The largest absolute Gasteiger partial charge is 0.472 e. The molecule has 0 saturated heterocycles. The fourth-order valence-electron chi connectivity index (χ4n) is 7.20. The average Bonchev–Trinajstić information content (AvgIpc) is 3.28. The third-order valence-corrected chi connectivity index (χ3v) is 12.9. The van der Waals surface area contributed by atoms with Gasteiger partial charge in [-0.25, -0.2) is 13.7 Å². The number of hydrogen-bond acceptors (Lipinski definition) is 14. The van der Waals surface area contributed by atoms with Crippen molar-refractivity contribution in [2.75, 3.05) is 13.2 Å². The molecule has 8 N–H and O–H groups in total. The fourth-order valence-corrected chi connectivity index (χ4v) is 9.29. The molecule has 1 saturated carbocycles. The number of aliphatic hydroxyl groups is 3. The first-order valence-electron chi connectivity index (χ1n) is 24.6. The van der Waals surface area contributed by atoms with Gasteiger partial charge in [-0.05, 0) is 57.8 Å². The molecule has 0 heterocycles. The van der Waals surface area contributed by atoms with Crippen LogP contribution in [0.15, 0.2) is 60.8 Å². The van der Waals surface area contributed by atoms with Gasteiger partial charge in [0, 0.05) is 12.8 Å². The molecule has 0 radical (unpaired) electrons. The van der Waals surface area contributed by atoms with E-state index >= 15 is 0 Å². The molecule has 22 heteroatoms. The van der Waals surface area contributed by atoms with E-state index in [-0.39, 0.29) is 12.8 Å². The number of unbranched alkanes of at least 4 members (excludes halogenated alkanes) is 15. The van der Waals surface area contributed by atoms with Gasteiger partial charge in [-0.1, -0.05) is 158 Å². The average molecular weight is 1050 g/mol. The molecular weight excluding hydrogens is 961 g/mol. The van der Waals surface area contributed by atoms with E-state index in [4.69, 9.17) is 18.5 Å². The van der Waals surface area contributed by atoms with Crippen molar-refractivity contribution in [2.24, 2.45) is 0 Å². The van der Waals surface area contributed by atoms with Gasteiger partial charge in [-0.15, -0.1) is 0 Å². The Morgan fingerprint density at radius 3 is 1.36 bits per heavy atom. The summed E-state index contributed by atoms with van der Waals surface area (Å²) in [5.41, 5.74) is 0. The zero-order valence-corrected chi connectivity index (χ0v) is 43.3. The summed E-state index contributed by atoms with van der Waals surface area (Å²) in [7, 11) is -16.6. The maximum absolute atomic E-state index is 13.1. The lowest BCUT2D eigenvalue weighted by atomic mass is 9.85. The number of phosphoric acid groups is 3. The van der Waals surface area contributed by atoms with Crippen LogP contribution in [0.5, 0.6) is 0 Å². The predicted molar refractivity (Wildman–Crippen MR) is 261 cm³/mol. The van der Waals surface area contributed by atoms with E-state index in [0.29, 0.717) is 19.3 Å². The van der Waals surface area contributed by atoms with Gasteiger partial charge in [-0.2, -0.15) is 0 Å². The van der Waals surface area contributed by atoms with E-state index in [0.717, 1.165) is 70.6 Å². The first-order valence-corrected chi connectivity index (χ1v) is 29.1. The highest BCUT2D eigenvalue weighted by atomic mass is 31.2. The van der Waals surface area contributed by atoms with E-state index in [2.05, 4.69) is 83.7 Å². The van der Waals surface area contributed by atoms with Crippen LogP contribution in [0.4, 0.5) is 0 Å². The second kappa shape index (κ2) is 38.5. The van der Waals surface area contributed by atoms with E-state index in [1.807, 2.05) is 0 Å². The molecule has 0 spiro atoms. The van der Waals surface area contributed by atoms with E-state index in [1.54, 1.807) is 0 Å². The number of phosphoric ester groups is 3. The van der Waals surface area contributed by atoms with Crippen LogP contribution in [0, 0.1) is 0 Å². The minimum atomic E-state index is -5.61. The summed E-state index contributed by atoms with van der Waals surface area (Å²) in [6.07, 6.45) is 26.6. The zero-order chi connectivity index (χ0) is 51.4. The number of allylic oxidation sites excluding steroid dienone is 10. The molecule has 1 aliphatic carbocycles. The molecule has 1 rings (SSSR count). The van der Waals surface area contributed by atoms with Crippen molar-refractivity contribution in [2.45, 2.75) is 211 Å². The molecule has 8 atom stereocenters. The van der Waals surface area contributed by atoms with Crippen molar-refractivity contribution in [3.63, 3.8) is 0 Å². The third-order valence-electron chi connectivity index (χ3n) is 10.8. The van der Waals surface area contributed by atoms with Crippen LogP contribution in [-0.4, -0.2) is 108 Å². The summed E-state index contributed by atoms with van der Waals surface area (Å²) in [6.45, 7) is 2.80. The van der Waals surface area contributed by atoms with Crippen LogP contribution in [0.1, 0.15) is 168 Å². The summed E-state index contributed by atoms with van der Waals surface area (Å²) in [6, 6.07) is 0. The fraction of sp³-hybridized carbons (Fsp3) is 0.745. The van der Waals surface area contributed by atoms with Crippen LogP contribution in [0.25, 0.3) is 0 Å². The Labute approximate surface area is 409 Å². The summed E-state index contributed by atoms with van der Waals surface area (Å²) in [5.74, 6) is -1.34. The molecule has 0 aromatic heterocycles. The Bertz CT molecular complexity index is 1670. The predicted octanol–water partition coefficient (Wildman–Crippen LogP) is 9.18. The van der Waals surface area contributed by atoms with Crippen molar-refractivity contribution in [1.82, 2.24) is 0 Å². The topological polar surface area (TPSA) is 303 Å². The molecule has 1 aliphatic rings. The lowest BCUT2D eigenvalue weighted by Gasteiger charge is -2.44. The van der Waals surface area contributed by atoms with Gasteiger partial charge in [0.25, 0.3) is 0 Å². The van der Waals surface area contributed by atoms with Gasteiger partial charge in [0.05, 0.1) is 6.61 Å². The lowest BCUT2D eigenvalue weighted by Crippen LogP contribution is -2.65. The van der Waals surface area contributed by atoms with Crippen molar-refractivity contribution < 1.29 is 90.6 Å². The molecule has 8 unspecified atom stereocenters. The molecule has 0 aromatic carbocycles. The molecule has 0 bridgehead atoms. The highest BCUT2D eigenvalue weighted by Gasteiger charge is 2.56. The number of rotatable bonds is 41. The Morgan fingerprint density at radius 1 is 0.478 bits per heavy atom. The maximum Gasteiger partial charge on any atom is 0.472 e. The van der Waals surface area contributed by atoms with Gasteiger partial charge >= 0.3 is 35.4 Å². The van der Waals surface area contributed by atoms with E-state index in [1.165, 1.54) is 51.4 Å².